The van der Waals surface area contributed by atoms with E-state index in [-0.39, 0.29) is 5.91 Å². The van der Waals surface area contributed by atoms with E-state index in [1.54, 1.807) is 17.5 Å². The van der Waals surface area contributed by atoms with E-state index in [9.17, 15) is 4.79 Å². The van der Waals surface area contributed by atoms with Gasteiger partial charge in [0.05, 0.1) is 18.0 Å². The third kappa shape index (κ3) is 3.67. The molecule has 4 nitrogen and oxygen atoms in total. The monoisotopic (exact) mass is 285 g/mol. The summed E-state index contributed by atoms with van der Waals surface area (Å²) < 4.78 is 0. The fourth-order valence-electron chi connectivity index (χ4n) is 1.65. The zero-order valence-corrected chi connectivity index (χ0v) is 12.0. The summed E-state index contributed by atoms with van der Waals surface area (Å²) >= 11 is 1.55. The summed E-state index contributed by atoms with van der Waals surface area (Å²) in [5, 5.41) is 2.86. The van der Waals surface area contributed by atoms with Gasteiger partial charge in [-0.05, 0) is 30.7 Å². The molecular formula is C15H15N3OS. The minimum Gasteiger partial charge on any atom is -0.346 e. The van der Waals surface area contributed by atoms with Gasteiger partial charge in [-0.3, -0.25) is 9.78 Å². The first-order valence-corrected chi connectivity index (χ1v) is 7.00. The first kappa shape index (κ1) is 14.3. The van der Waals surface area contributed by atoms with Crippen LogP contribution in [0.5, 0.6) is 0 Å². The summed E-state index contributed by atoms with van der Waals surface area (Å²) in [5.74, 6) is 5.62. The number of carbonyl (C=O) groups is 1. The topological polar surface area (TPSA) is 68.0 Å². The Morgan fingerprint density at radius 3 is 3.05 bits per heavy atom. The van der Waals surface area contributed by atoms with E-state index in [0.29, 0.717) is 18.8 Å². The molecule has 2 aromatic heterocycles. The van der Waals surface area contributed by atoms with Gasteiger partial charge in [-0.1, -0.05) is 17.9 Å². The zero-order chi connectivity index (χ0) is 14.4. The van der Waals surface area contributed by atoms with Crippen molar-refractivity contribution in [1.82, 2.24) is 10.3 Å². The Labute approximate surface area is 122 Å². The average Bonchev–Trinajstić information content (AvgIpc) is 2.91. The second-order valence-corrected chi connectivity index (χ2v) is 5.29. The third-order valence-electron chi connectivity index (χ3n) is 2.62. The van der Waals surface area contributed by atoms with E-state index in [4.69, 9.17) is 5.73 Å². The Morgan fingerprint density at radius 1 is 1.45 bits per heavy atom. The fourth-order valence-corrected chi connectivity index (χ4v) is 2.47. The van der Waals surface area contributed by atoms with E-state index in [1.807, 2.05) is 31.2 Å². The van der Waals surface area contributed by atoms with Crippen LogP contribution in [0.2, 0.25) is 0 Å². The summed E-state index contributed by atoms with van der Waals surface area (Å²) in [6, 6.07) is 7.57. The minimum absolute atomic E-state index is 0.161. The van der Waals surface area contributed by atoms with Crippen molar-refractivity contribution >= 4 is 17.2 Å². The Morgan fingerprint density at radius 2 is 2.30 bits per heavy atom. The van der Waals surface area contributed by atoms with Crippen molar-refractivity contribution in [2.45, 2.75) is 13.5 Å². The molecule has 0 unspecified atom stereocenters. The van der Waals surface area contributed by atoms with Crippen LogP contribution >= 0.6 is 11.3 Å². The first-order chi connectivity index (χ1) is 9.70. The maximum atomic E-state index is 12.0. The van der Waals surface area contributed by atoms with Crippen molar-refractivity contribution in [3.63, 3.8) is 0 Å². The summed E-state index contributed by atoms with van der Waals surface area (Å²) in [6.45, 7) is 2.69. The van der Waals surface area contributed by atoms with E-state index < -0.39 is 0 Å². The minimum atomic E-state index is -0.161. The van der Waals surface area contributed by atoms with Crippen molar-refractivity contribution < 1.29 is 4.79 Å². The number of nitrogens with two attached hydrogens (primary N) is 1. The Balaban J connectivity index is 1.97. The van der Waals surface area contributed by atoms with Crippen molar-refractivity contribution in [3.05, 3.63) is 51.5 Å². The van der Waals surface area contributed by atoms with Gasteiger partial charge in [-0.2, -0.15) is 0 Å². The van der Waals surface area contributed by atoms with Crippen molar-refractivity contribution in [3.8, 4) is 11.8 Å². The lowest BCUT2D eigenvalue weighted by molar-refractivity contribution is 0.0945. The molecule has 0 saturated heterocycles. The molecule has 102 valence electrons. The van der Waals surface area contributed by atoms with E-state index in [2.05, 4.69) is 22.1 Å². The lowest BCUT2D eigenvalue weighted by Crippen LogP contribution is -2.24. The maximum absolute atomic E-state index is 12.0. The van der Waals surface area contributed by atoms with Crippen LogP contribution in [0, 0.1) is 18.8 Å². The highest BCUT2D eigenvalue weighted by atomic mass is 32.1. The van der Waals surface area contributed by atoms with E-state index in [1.165, 1.54) is 0 Å². The molecule has 0 aromatic carbocycles. The van der Waals surface area contributed by atoms with Crippen molar-refractivity contribution in [1.29, 1.82) is 0 Å². The molecule has 5 heteroatoms. The normalized spacial score (nSPS) is 9.70. The number of aromatic nitrogens is 1. The molecule has 0 aliphatic rings. The molecule has 0 aliphatic carbocycles. The van der Waals surface area contributed by atoms with Gasteiger partial charge in [0.2, 0.25) is 0 Å². The summed E-state index contributed by atoms with van der Waals surface area (Å²) in [5.41, 5.74) is 6.66. The molecule has 2 rings (SSSR count). The first-order valence-electron chi connectivity index (χ1n) is 6.18. The number of hydrogen-bond acceptors (Lipinski definition) is 4. The summed E-state index contributed by atoms with van der Waals surface area (Å²) in [4.78, 5) is 18.1. The maximum Gasteiger partial charge on any atom is 0.270 e. The summed E-state index contributed by atoms with van der Waals surface area (Å²) in [6.07, 6.45) is 1.62. The van der Waals surface area contributed by atoms with Crippen LogP contribution in [0.1, 0.15) is 25.8 Å². The van der Waals surface area contributed by atoms with Gasteiger partial charge in [-0.15, -0.1) is 11.3 Å². The zero-order valence-electron chi connectivity index (χ0n) is 11.1. The lowest BCUT2D eigenvalue weighted by atomic mass is 10.2. The number of hydrogen-bond donors (Lipinski definition) is 2. The predicted octanol–water partition coefficient (Wildman–Crippen LogP) is 1.69. The highest BCUT2D eigenvalue weighted by Crippen LogP contribution is 2.15. The number of amides is 1. The molecule has 0 radical (unpaired) electrons. The molecule has 0 atom stereocenters. The smallest absolute Gasteiger partial charge is 0.270 e. The number of nitrogens with zero attached hydrogens (tertiary/aromatic N) is 1. The van der Waals surface area contributed by atoms with E-state index in [0.717, 1.165) is 15.3 Å². The largest absolute Gasteiger partial charge is 0.346 e. The highest BCUT2D eigenvalue weighted by molar-refractivity contribution is 7.12. The van der Waals surface area contributed by atoms with Crippen molar-refractivity contribution in [2.24, 2.45) is 5.73 Å². The van der Waals surface area contributed by atoms with Crippen LogP contribution in [-0.2, 0) is 6.54 Å². The van der Waals surface area contributed by atoms with Crippen LogP contribution in [0.15, 0.2) is 30.5 Å². The standard InChI is InChI=1S/C15H15N3OS/c1-11-4-3-9-17-14(11)15(19)18-10-13-7-6-12(20-13)5-2-8-16/h3-4,6-7,9H,8,10,16H2,1H3,(H,18,19). The second kappa shape index (κ2) is 6.85. The van der Waals surface area contributed by atoms with Gasteiger partial charge < -0.3 is 11.1 Å². The molecule has 0 spiro atoms. The number of carbonyl (C=O) groups excluding carboxylic acids is 1. The van der Waals surface area contributed by atoms with Crippen LogP contribution in [0.3, 0.4) is 0 Å². The van der Waals surface area contributed by atoms with Crippen LogP contribution in [0.25, 0.3) is 0 Å². The fraction of sp³-hybridized carbons (Fsp3) is 0.200. The van der Waals surface area contributed by atoms with Gasteiger partial charge in [0, 0.05) is 11.1 Å². The number of aryl methyl sites for hydroxylation is 1. The number of pyridine rings is 1. The lowest BCUT2D eigenvalue weighted by Gasteiger charge is -2.05. The second-order valence-electron chi connectivity index (χ2n) is 4.12. The van der Waals surface area contributed by atoms with E-state index >= 15 is 0 Å². The van der Waals surface area contributed by atoms with Crippen LogP contribution in [-0.4, -0.2) is 17.4 Å². The molecule has 2 aromatic rings. The Bertz CT molecular complexity index is 667. The Hall–Kier alpha value is -2.16. The highest BCUT2D eigenvalue weighted by Gasteiger charge is 2.09. The molecule has 0 aliphatic heterocycles. The van der Waals surface area contributed by atoms with Gasteiger partial charge in [0.25, 0.3) is 5.91 Å². The predicted molar refractivity (Wildman–Crippen MR) is 80.4 cm³/mol. The molecular weight excluding hydrogens is 270 g/mol. The van der Waals surface area contributed by atoms with Crippen LogP contribution in [0.4, 0.5) is 0 Å². The van der Waals surface area contributed by atoms with Gasteiger partial charge in [0.1, 0.15) is 5.69 Å². The van der Waals surface area contributed by atoms with Gasteiger partial charge >= 0.3 is 0 Å². The molecule has 2 heterocycles. The average molecular weight is 285 g/mol. The number of thiophene rings is 1. The van der Waals surface area contributed by atoms with Gasteiger partial charge in [-0.25, -0.2) is 0 Å². The quantitative estimate of drug-likeness (QED) is 0.843. The molecule has 1 amide bonds. The molecule has 0 saturated carbocycles. The molecule has 20 heavy (non-hydrogen) atoms. The van der Waals surface area contributed by atoms with Crippen LogP contribution < -0.4 is 11.1 Å². The number of nitrogens with one attached hydrogen (secondary N) is 1. The SMILES string of the molecule is Cc1cccnc1C(=O)NCc1ccc(C#CCN)s1. The third-order valence-corrected chi connectivity index (χ3v) is 3.62. The van der Waals surface area contributed by atoms with Gasteiger partial charge in [0.15, 0.2) is 0 Å². The molecule has 0 fully saturated rings. The molecule has 0 bridgehead atoms. The van der Waals surface area contributed by atoms with Crippen molar-refractivity contribution in [2.75, 3.05) is 6.54 Å². The molecule has 3 N–H and O–H groups in total. The number of rotatable bonds is 3. The Kier molecular flexibility index (Phi) is 4.88. The summed E-state index contributed by atoms with van der Waals surface area (Å²) in [7, 11) is 0.